The lowest BCUT2D eigenvalue weighted by Crippen LogP contribution is -2.27. The van der Waals surface area contributed by atoms with Crippen LogP contribution in [0.1, 0.15) is 44.9 Å². The molecular formula is C46H42N2. The Morgan fingerprint density at radius 1 is 0.521 bits per heavy atom. The van der Waals surface area contributed by atoms with E-state index in [2.05, 4.69) is 177 Å². The zero-order valence-corrected chi connectivity index (χ0v) is 28.4. The first-order chi connectivity index (χ1) is 23.4. The molecule has 0 N–H and O–H groups in total. The molecule has 0 radical (unpaired) electrons. The van der Waals surface area contributed by atoms with Crippen LogP contribution in [-0.2, 0) is 12.8 Å². The number of aryl methyl sites for hydroxylation is 3. The minimum Gasteiger partial charge on any atom is -0.343 e. The second kappa shape index (κ2) is 12.4. The molecule has 2 heteroatoms. The highest BCUT2D eigenvalue weighted by molar-refractivity contribution is 5.87. The van der Waals surface area contributed by atoms with Crippen molar-refractivity contribution < 1.29 is 0 Å². The molecule has 7 aromatic rings. The molecule has 0 aromatic heterocycles. The van der Waals surface area contributed by atoms with Crippen molar-refractivity contribution in [2.75, 3.05) is 23.4 Å². The third kappa shape index (κ3) is 5.84. The second-order valence-electron chi connectivity index (χ2n) is 13.8. The Bertz CT molecular complexity index is 2280. The molecule has 0 amide bonds. The van der Waals surface area contributed by atoms with Gasteiger partial charge < -0.3 is 9.80 Å². The number of hydrogen-bond donors (Lipinski definition) is 0. The largest absolute Gasteiger partial charge is 0.343 e. The number of benzene rings is 7. The molecule has 2 nitrogen and oxygen atoms in total. The van der Waals surface area contributed by atoms with Crippen molar-refractivity contribution in [2.45, 2.75) is 39.5 Å². The van der Waals surface area contributed by atoms with E-state index in [-0.39, 0.29) is 5.92 Å². The number of fused-ring (bicyclic) bond motifs is 5. The molecule has 0 saturated carbocycles. The average Bonchev–Trinajstić information content (AvgIpc) is 3.09. The average molecular weight is 623 g/mol. The van der Waals surface area contributed by atoms with Gasteiger partial charge in [-0.3, -0.25) is 0 Å². The molecule has 1 heterocycles. The van der Waals surface area contributed by atoms with Crippen LogP contribution in [0.25, 0.3) is 21.5 Å². The molecule has 4 bridgehead atoms. The molecule has 1 aliphatic heterocycles. The maximum atomic E-state index is 2.58. The van der Waals surface area contributed by atoms with Crippen molar-refractivity contribution in [3.8, 4) is 0 Å². The molecule has 236 valence electrons. The van der Waals surface area contributed by atoms with E-state index in [9.17, 15) is 0 Å². The van der Waals surface area contributed by atoms with E-state index < -0.39 is 0 Å². The van der Waals surface area contributed by atoms with Crippen molar-refractivity contribution in [3.05, 3.63) is 178 Å². The van der Waals surface area contributed by atoms with Gasteiger partial charge in [0.1, 0.15) is 0 Å². The van der Waals surface area contributed by atoms with Gasteiger partial charge in [-0.2, -0.15) is 0 Å². The van der Waals surface area contributed by atoms with Gasteiger partial charge in [0.2, 0.25) is 0 Å². The summed E-state index contributed by atoms with van der Waals surface area (Å²) in [6.07, 6.45) is 1.84. The summed E-state index contributed by atoms with van der Waals surface area (Å²) in [5, 5.41) is 5.23. The summed E-state index contributed by atoms with van der Waals surface area (Å²) < 4.78 is 0. The van der Waals surface area contributed by atoms with E-state index in [0.717, 1.165) is 19.4 Å². The van der Waals surface area contributed by atoms with E-state index in [4.69, 9.17) is 0 Å². The topological polar surface area (TPSA) is 6.48 Å². The van der Waals surface area contributed by atoms with Gasteiger partial charge in [0.25, 0.3) is 0 Å². The highest BCUT2D eigenvalue weighted by atomic mass is 15.2. The van der Waals surface area contributed by atoms with Crippen LogP contribution in [0, 0.1) is 20.8 Å². The molecule has 7 aromatic carbocycles. The molecule has 1 unspecified atom stereocenters. The van der Waals surface area contributed by atoms with E-state index >= 15 is 0 Å². The van der Waals surface area contributed by atoms with Crippen molar-refractivity contribution >= 4 is 44.3 Å². The molecule has 1 aliphatic rings. The predicted molar refractivity (Wildman–Crippen MR) is 206 cm³/mol. The minimum absolute atomic E-state index is 0.242. The van der Waals surface area contributed by atoms with Crippen LogP contribution in [0.5, 0.6) is 0 Å². The number of nitrogens with zero attached hydrogens (tertiary/aromatic N) is 2. The fourth-order valence-corrected chi connectivity index (χ4v) is 7.84. The number of hydrogen-bond acceptors (Lipinski definition) is 2. The lowest BCUT2D eigenvalue weighted by molar-refractivity contribution is 0.682. The van der Waals surface area contributed by atoms with Crippen molar-refractivity contribution in [2.24, 2.45) is 0 Å². The standard InChI is InChI=1S/C46H42N2/c1-31-20-32(2)24-43(23-31)48-30-41(39-19-18-36-10-5-6-11-38(36)29-39)25-34-16-17-37-12-9-13-40(44(37)28-34)26-35-21-33(3)22-42(27-35)47(4)45-14-7-8-15-46(45)48/h5-24,27-29,41H,25-26,30H2,1-4H3. The summed E-state index contributed by atoms with van der Waals surface area (Å²) in [5.74, 6) is 0.242. The molecule has 8 rings (SSSR count). The number of rotatable bonds is 2. The maximum Gasteiger partial charge on any atom is 0.0652 e. The third-order valence-electron chi connectivity index (χ3n) is 10.1. The van der Waals surface area contributed by atoms with Gasteiger partial charge in [-0.15, -0.1) is 0 Å². The quantitative estimate of drug-likeness (QED) is 0.189. The number of anilines is 4. The van der Waals surface area contributed by atoms with Gasteiger partial charge in [-0.25, -0.2) is 0 Å². The monoisotopic (exact) mass is 622 g/mol. The summed E-state index contributed by atoms with van der Waals surface area (Å²) in [4.78, 5) is 4.96. The highest BCUT2D eigenvalue weighted by Crippen LogP contribution is 2.41. The van der Waals surface area contributed by atoms with Gasteiger partial charge >= 0.3 is 0 Å². The second-order valence-corrected chi connectivity index (χ2v) is 13.8. The third-order valence-corrected chi connectivity index (χ3v) is 10.1. The zero-order chi connectivity index (χ0) is 32.8. The van der Waals surface area contributed by atoms with Crippen LogP contribution >= 0.6 is 0 Å². The summed E-state index contributed by atoms with van der Waals surface area (Å²) in [6.45, 7) is 7.48. The molecule has 0 saturated heterocycles. The van der Waals surface area contributed by atoms with Crippen LogP contribution in [0.2, 0.25) is 0 Å². The predicted octanol–water partition coefficient (Wildman–Crippen LogP) is 11.8. The van der Waals surface area contributed by atoms with Crippen LogP contribution < -0.4 is 9.80 Å². The SMILES string of the molecule is Cc1cc2cc(c1)N(C)c1ccccc1N(c1cc(C)cc(C)c1)CC(c1ccc3ccccc3c1)Cc1ccc3cccc(c3c1)C2. The Labute approximate surface area is 284 Å². The van der Waals surface area contributed by atoms with Crippen LogP contribution in [0.3, 0.4) is 0 Å². The first-order valence-electron chi connectivity index (χ1n) is 17.2. The van der Waals surface area contributed by atoms with Crippen molar-refractivity contribution in [1.29, 1.82) is 0 Å². The summed E-state index contributed by atoms with van der Waals surface area (Å²) in [7, 11) is 2.22. The molecule has 48 heavy (non-hydrogen) atoms. The van der Waals surface area contributed by atoms with E-state index in [1.165, 1.54) is 83.2 Å². The molecule has 0 aliphatic carbocycles. The molecule has 0 fully saturated rings. The lowest BCUT2D eigenvalue weighted by atomic mass is 9.88. The number of para-hydroxylation sites is 2. The van der Waals surface area contributed by atoms with Gasteiger partial charge in [-0.1, -0.05) is 103 Å². The Morgan fingerprint density at radius 3 is 2.04 bits per heavy atom. The smallest absolute Gasteiger partial charge is 0.0652 e. The highest BCUT2D eigenvalue weighted by Gasteiger charge is 2.24. The first kappa shape index (κ1) is 30.0. The summed E-state index contributed by atoms with van der Waals surface area (Å²) >= 11 is 0. The van der Waals surface area contributed by atoms with Gasteiger partial charge in [0.15, 0.2) is 0 Å². The first-order valence-corrected chi connectivity index (χ1v) is 17.2. The minimum atomic E-state index is 0.242. The Morgan fingerprint density at radius 2 is 1.21 bits per heavy atom. The van der Waals surface area contributed by atoms with E-state index in [0.29, 0.717) is 0 Å². The Hall–Kier alpha value is -5.34. The van der Waals surface area contributed by atoms with Gasteiger partial charge in [0.05, 0.1) is 11.4 Å². The van der Waals surface area contributed by atoms with Crippen molar-refractivity contribution in [3.63, 3.8) is 0 Å². The Kier molecular flexibility index (Phi) is 7.73. The van der Waals surface area contributed by atoms with Gasteiger partial charge in [-0.05, 0) is 131 Å². The van der Waals surface area contributed by atoms with Crippen LogP contribution in [0.15, 0.2) is 140 Å². The van der Waals surface area contributed by atoms with Crippen LogP contribution in [0.4, 0.5) is 22.7 Å². The lowest BCUT2D eigenvalue weighted by Gasteiger charge is -2.34. The Balaban J connectivity index is 1.38. The van der Waals surface area contributed by atoms with Crippen LogP contribution in [-0.4, -0.2) is 13.6 Å². The summed E-state index contributed by atoms with van der Waals surface area (Å²) in [6, 6.07) is 52.7. The molecule has 0 spiro atoms. The molecular weight excluding hydrogens is 581 g/mol. The summed E-state index contributed by atoms with van der Waals surface area (Å²) in [5.41, 5.74) is 14.1. The normalized spacial score (nSPS) is 15.0. The van der Waals surface area contributed by atoms with Gasteiger partial charge in [0, 0.05) is 30.9 Å². The van der Waals surface area contributed by atoms with E-state index in [1.54, 1.807) is 0 Å². The fraction of sp³-hybridized carbons (Fsp3) is 0.174. The van der Waals surface area contributed by atoms with E-state index in [1.807, 2.05) is 0 Å². The van der Waals surface area contributed by atoms with Crippen molar-refractivity contribution in [1.82, 2.24) is 0 Å². The maximum absolute atomic E-state index is 2.58. The zero-order valence-electron chi connectivity index (χ0n) is 28.4. The fourth-order valence-electron chi connectivity index (χ4n) is 7.84. The molecule has 1 atom stereocenters.